The Balaban J connectivity index is 0.866. The number of hydrogen-bond donors (Lipinski definition) is 6. The van der Waals surface area contributed by atoms with Gasteiger partial charge >= 0.3 is 0 Å². The molecule has 4 aliphatic rings. The van der Waals surface area contributed by atoms with Crippen molar-refractivity contribution in [2.75, 3.05) is 51.8 Å². The van der Waals surface area contributed by atoms with Gasteiger partial charge < -0.3 is 41.7 Å². The molecule has 4 aliphatic heterocycles. The Kier molecular flexibility index (Phi) is 22.4. The van der Waals surface area contributed by atoms with Gasteiger partial charge in [0.05, 0.1) is 35.7 Å². The van der Waals surface area contributed by atoms with Crippen molar-refractivity contribution in [1.29, 1.82) is 0 Å². The Morgan fingerprint density at radius 1 is 0.553 bits per heavy atom. The minimum absolute atomic E-state index is 0.0268. The number of rotatable bonds is 24. The van der Waals surface area contributed by atoms with Crippen LogP contribution >= 0.6 is 0 Å². The molecule has 4 aromatic rings. The summed E-state index contributed by atoms with van der Waals surface area (Å²) in [5, 5.41) is 17.6. The van der Waals surface area contributed by atoms with E-state index in [2.05, 4.69) is 31.9 Å². The highest BCUT2D eigenvalue weighted by Gasteiger charge is 2.48. The van der Waals surface area contributed by atoms with Crippen LogP contribution in [0.15, 0.2) is 145 Å². The van der Waals surface area contributed by atoms with Crippen LogP contribution in [0.25, 0.3) is 0 Å². The van der Waals surface area contributed by atoms with Crippen molar-refractivity contribution < 1.29 is 45.6 Å². The van der Waals surface area contributed by atoms with Crippen LogP contribution in [0.2, 0.25) is 0 Å². The molecule has 456 valence electrons. The van der Waals surface area contributed by atoms with Crippen molar-refractivity contribution in [3.05, 3.63) is 168 Å². The maximum Gasteiger partial charge on any atom is 0.253 e. The third kappa shape index (κ3) is 16.3. The zero-order valence-electron chi connectivity index (χ0n) is 49.0. The zero-order valence-corrected chi connectivity index (χ0v) is 50.6. The summed E-state index contributed by atoms with van der Waals surface area (Å²) in [6.45, 7) is 2.82. The number of fused-ring (bicyclic) bond motifs is 2. The highest BCUT2D eigenvalue weighted by molar-refractivity contribution is 7.89. The molecule has 4 heterocycles. The first kappa shape index (κ1) is 63.9. The van der Waals surface area contributed by atoms with Crippen molar-refractivity contribution in [3.8, 4) is 0 Å². The molecule has 0 spiro atoms. The van der Waals surface area contributed by atoms with Crippen LogP contribution in [0.5, 0.6) is 0 Å². The first-order valence-corrected chi connectivity index (χ1v) is 32.8. The van der Waals surface area contributed by atoms with Crippen molar-refractivity contribution in [3.63, 3.8) is 0 Å². The molecule has 7 atom stereocenters. The van der Waals surface area contributed by atoms with E-state index in [0.717, 1.165) is 22.3 Å². The number of allylic oxidation sites excluding steroid dienone is 2. The van der Waals surface area contributed by atoms with Crippen molar-refractivity contribution in [2.24, 2.45) is 0 Å². The molecule has 6 N–H and O–H groups in total. The average molecular weight is 1200 g/mol. The molecule has 0 aliphatic carbocycles. The lowest BCUT2D eigenvalue weighted by atomic mass is 9.98. The van der Waals surface area contributed by atoms with E-state index < -0.39 is 98.1 Å². The molecule has 0 radical (unpaired) electrons. The fraction of sp³-hybridized carbons (Fsp3) is 0.460. The summed E-state index contributed by atoms with van der Waals surface area (Å²) in [4.78, 5) is 87.4. The van der Waals surface area contributed by atoms with Crippen LogP contribution in [-0.2, 0) is 48.8 Å². The molecule has 0 saturated carbocycles. The molecule has 3 unspecified atom stereocenters. The molecule has 22 heteroatoms. The van der Waals surface area contributed by atoms with Gasteiger partial charge in [-0.3, -0.25) is 28.8 Å². The van der Waals surface area contributed by atoms with E-state index in [1.165, 1.54) is 14.8 Å². The minimum Gasteiger partial charge on any atom is -0.343 e. The number of nitrogens with zero attached hydrogens (tertiary/aromatic N) is 4. The van der Waals surface area contributed by atoms with Gasteiger partial charge in [-0.1, -0.05) is 133 Å². The maximum absolute atomic E-state index is 14.7. The number of unbranched alkanes of at least 4 members (excludes halogenated alkanes) is 2. The van der Waals surface area contributed by atoms with Gasteiger partial charge in [0.2, 0.25) is 49.6 Å². The van der Waals surface area contributed by atoms with E-state index in [4.69, 9.17) is 0 Å². The third-order valence-electron chi connectivity index (χ3n) is 16.8. The average Bonchev–Trinajstić information content (AvgIpc) is 2.72. The second-order valence-corrected chi connectivity index (χ2v) is 26.6. The molecular weight excluding hydrogens is 1120 g/mol. The molecule has 4 fully saturated rings. The Hall–Kier alpha value is -7.08. The van der Waals surface area contributed by atoms with Crippen LogP contribution in [0.1, 0.15) is 112 Å². The Morgan fingerprint density at radius 3 is 1.42 bits per heavy atom. The Labute approximate surface area is 500 Å². The van der Waals surface area contributed by atoms with Gasteiger partial charge in [0.1, 0.15) is 18.1 Å². The predicted molar refractivity (Wildman–Crippen MR) is 326 cm³/mol. The fourth-order valence-corrected chi connectivity index (χ4v) is 14.8. The monoisotopic (exact) mass is 1200 g/mol. The predicted octanol–water partition coefficient (Wildman–Crippen LogP) is 4.41. The number of carbonyl (C=O) groups excluding carboxylic acids is 6. The number of hydrogen-bond acceptors (Lipinski definition) is 12. The van der Waals surface area contributed by atoms with Gasteiger partial charge in [0.25, 0.3) is 5.91 Å². The molecule has 20 nitrogen and oxygen atoms in total. The molecule has 0 bridgehead atoms. The summed E-state index contributed by atoms with van der Waals surface area (Å²) in [5.41, 5.74) is 3.51. The molecule has 85 heavy (non-hydrogen) atoms. The zero-order chi connectivity index (χ0) is 60.7. The quantitative estimate of drug-likeness (QED) is 0.0324. The van der Waals surface area contributed by atoms with Gasteiger partial charge in [-0.15, -0.1) is 0 Å². The second-order valence-electron chi connectivity index (χ2n) is 22.4. The summed E-state index contributed by atoms with van der Waals surface area (Å²) in [6, 6.07) is 32.1. The normalized spacial score (nSPS) is 22.0. The maximum atomic E-state index is 14.7. The summed E-state index contributed by atoms with van der Waals surface area (Å²) in [7, 11) is -4.68. The van der Waals surface area contributed by atoms with Gasteiger partial charge in [0.15, 0.2) is 0 Å². The van der Waals surface area contributed by atoms with Gasteiger partial charge in [-0.05, 0) is 114 Å². The van der Waals surface area contributed by atoms with Crippen molar-refractivity contribution in [1.82, 2.24) is 50.3 Å². The number of carbonyl (C=O) groups is 6. The smallest absolute Gasteiger partial charge is 0.253 e. The lowest BCUT2D eigenvalue weighted by Gasteiger charge is -2.38. The van der Waals surface area contributed by atoms with E-state index >= 15 is 0 Å². The lowest BCUT2D eigenvalue weighted by Crippen LogP contribution is -2.62. The van der Waals surface area contributed by atoms with E-state index in [1.54, 1.807) is 37.7 Å². The summed E-state index contributed by atoms with van der Waals surface area (Å²) in [6.07, 6.45) is 8.39. The molecule has 4 aromatic carbocycles. The van der Waals surface area contributed by atoms with Crippen molar-refractivity contribution in [2.45, 2.75) is 132 Å². The molecule has 6 amide bonds. The second kappa shape index (κ2) is 29.8. The van der Waals surface area contributed by atoms with Crippen LogP contribution in [0.3, 0.4) is 0 Å². The Bertz CT molecular complexity index is 3150. The standard InChI is InChI=1S/C63H82N10O10S2/c1-44(64-3)58(74)66-41-50-42-70(37-35-51-31-33-54(72(51)62(50)78)60(76)68-56(46-23-13-9-14-24-46)47-25-15-10-16-26-47)84(80,81)39-21-7-5-6-8-22-40-85(82,83)71-38-36-52-32-34-55(73(52)63(79)53(43-71)67-59(75)45(2)65-4)61(77)69-57(48-27-17-11-18-28-48)49-29-19-12-20-30-49/h5-6,9-20,23-30,41,44-45,51-57,64-65H,7-8,21-22,31-40,42-43H2,1-4H3,(H,66,74)(H,67,75)(H,68,76)(H,69,77)/b6-5+,50-41-/t44-,45?,51?,52-,53+,54?,55+/m1/s1. The molecule has 0 aromatic heterocycles. The Morgan fingerprint density at radius 2 is 0.965 bits per heavy atom. The van der Waals surface area contributed by atoms with Gasteiger partial charge in [0, 0.05) is 50.0 Å². The number of amides is 6. The molecule has 8 rings (SSSR count). The minimum atomic E-state index is -3.95. The van der Waals surface area contributed by atoms with Crippen LogP contribution in [0, 0.1) is 0 Å². The number of benzene rings is 4. The first-order valence-electron chi connectivity index (χ1n) is 29.6. The largest absolute Gasteiger partial charge is 0.343 e. The van der Waals surface area contributed by atoms with Crippen LogP contribution in [-0.4, -0.2) is 165 Å². The fourth-order valence-electron chi connectivity index (χ4n) is 11.7. The van der Waals surface area contributed by atoms with Gasteiger partial charge in [-0.25, -0.2) is 16.8 Å². The third-order valence-corrected chi connectivity index (χ3v) is 20.6. The molecular formula is C63H82N10O10S2. The SMILES string of the molecule is CNC(C)C(=O)N[C@H]1CN(S(=O)(=O)CCC/C=C/CCCS(=O)(=O)N2CCC3CCC(C(=O)NC(c4ccccc4)c4ccccc4)N3C(=O)/C(=C\NC(=O)[C@@H](C)NC)C2)CC[C@H]2CC[C@@H](C(=O)NC(c3ccccc3)c3ccccc3)N2C1=O. The van der Waals surface area contributed by atoms with Crippen molar-refractivity contribution >= 4 is 55.5 Å². The number of nitrogens with one attached hydrogen (secondary N) is 6. The van der Waals surface area contributed by atoms with Crippen LogP contribution in [0.4, 0.5) is 0 Å². The summed E-state index contributed by atoms with van der Waals surface area (Å²) in [5.74, 6) is -3.12. The lowest BCUT2D eigenvalue weighted by molar-refractivity contribution is -0.144. The summed E-state index contributed by atoms with van der Waals surface area (Å²) >= 11 is 0. The number of likely N-dealkylation sites (N-methyl/N-ethyl adjacent to an activating group) is 2. The van der Waals surface area contributed by atoms with Crippen LogP contribution < -0.4 is 31.9 Å². The van der Waals surface area contributed by atoms with E-state index in [9.17, 15) is 45.6 Å². The van der Waals surface area contributed by atoms with E-state index in [0.29, 0.717) is 51.4 Å². The topological polar surface area (TPSA) is 256 Å². The number of sulfonamides is 2. The highest BCUT2D eigenvalue weighted by atomic mass is 32.2. The van der Waals surface area contributed by atoms with E-state index in [1.807, 2.05) is 133 Å². The highest BCUT2D eigenvalue weighted by Crippen LogP contribution is 2.34. The summed E-state index contributed by atoms with van der Waals surface area (Å²) < 4.78 is 59.1. The molecule has 4 saturated heterocycles. The first-order chi connectivity index (χ1) is 40.9. The van der Waals surface area contributed by atoms with Gasteiger partial charge in [-0.2, -0.15) is 8.61 Å². The van der Waals surface area contributed by atoms with E-state index in [-0.39, 0.29) is 67.9 Å².